The summed E-state index contributed by atoms with van der Waals surface area (Å²) in [6.07, 6.45) is 10.3. The third kappa shape index (κ3) is 4.04. The van der Waals surface area contributed by atoms with Crippen molar-refractivity contribution in [3.63, 3.8) is 0 Å². The van der Waals surface area contributed by atoms with E-state index in [0.29, 0.717) is 17.0 Å². The van der Waals surface area contributed by atoms with Crippen LogP contribution in [0.25, 0.3) is 11.5 Å². The first-order valence-electron chi connectivity index (χ1n) is 8.32. The number of rotatable bonds is 6. The zero-order valence-corrected chi connectivity index (χ0v) is 14.1. The minimum absolute atomic E-state index is 0.591. The lowest BCUT2D eigenvalue weighted by Crippen LogP contribution is -2.36. The van der Waals surface area contributed by atoms with E-state index in [1.807, 2.05) is 30.3 Å². The molecule has 1 aromatic heterocycles. The van der Waals surface area contributed by atoms with Gasteiger partial charge < -0.3 is 4.42 Å². The molecular formula is C19H23ClN2O. The number of halogens is 1. The normalized spacial score (nSPS) is 15.9. The monoisotopic (exact) mass is 330 g/mol. The van der Waals surface area contributed by atoms with Crippen LogP contribution in [0.3, 0.4) is 0 Å². The van der Waals surface area contributed by atoms with Crippen molar-refractivity contribution in [3.05, 3.63) is 53.9 Å². The molecule has 0 N–H and O–H groups in total. The van der Waals surface area contributed by atoms with Gasteiger partial charge in [0.1, 0.15) is 6.26 Å². The van der Waals surface area contributed by atoms with E-state index in [1.165, 1.54) is 32.1 Å². The summed E-state index contributed by atoms with van der Waals surface area (Å²) < 4.78 is 5.65. The molecule has 23 heavy (non-hydrogen) atoms. The van der Waals surface area contributed by atoms with Crippen molar-refractivity contribution >= 4 is 11.6 Å². The molecule has 0 radical (unpaired) electrons. The first kappa shape index (κ1) is 16.3. The molecule has 1 fully saturated rings. The minimum Gasteiger partial charge on any atom is -0.444 e. The van der Waals surface area contributed by atoms with Crippen LogP contribution >= 0.6 is 11.6 Å². The van der Waals surface area contributed by atoms with Gasteiger partial charge in [-0.15, -0.1) is 6.58 Å². The van der Waals surface area contributed by atoms with Crippen molar-refractivity contribution in [1.29, 1.82) is 0 Å². The predicted molar refractivity (Wildman–Crippen MR) is 94.4 cm³/mol. The molecule has 1 aliphatic rings. The predicted octanol–water partition coefficient (Wildman–Crippen LogP) is 5.32. The first-order valence-corrected chi connectivity index (χ1v) is 8.70. The fourth-order valence-corrected chi connectivity index (χ4v) is 3.52. The van der Waals surface area contributed by atoms with Gasteiger partial charge in [0.25, 0.3) is 0 Å². The van der Waals surface area contributed by atoms with Crippen LogP contribution in [-0.2, 0) is 6.54 Å². The summed E-state index contributed by atoms with van der Waals surface area (Å²) >= 11 is 6.22. The van der Waals surface area contributed by atoms with Crippen LogP contribution in [0.2, 0.25) is 5.02 Å². The third-order valence-electron chi connectivity index (χ3n) is 4.48. The topological polar surface area (TPSA) is 29.3 Å². The second-order valence-electron chi connectivity index (χ2n) is 6.13. The lowest BCUT2D eigenvalue weighted by Gasteiger charge is -2.33. The summed E-state index contributed by atoms with van der Waals surface area (Å²) in [5.74, 6) is 0.591. The van der Waals surface area contributed by atoms with Gasteiger partial charge in [-0.25, -0.2) is 4.98 Å². The van der Waals surface area contributed by atoms with Gasteiger partial charge in [0.05, 0.1) is 16.3 Å². The van der Waals surface area contributed by atoms with Gasteiger partial charge in [-0.1, -0.05) is 49.1 Å². The van der Waals surface area contributed by atoms with Gasteiger partial charge in [0.2, 0.25) is 5.89 Å². The lowest BCUT2D eigenvalue weighted by molar-refractivity contribution is 0.163. The van der Waals surface area contributed by atoms with Crippen molar-refractivity contribution in [2.75, 3.05) is 6.54 Å². The molecule has 1 heterocycles. The van der Waals surface area contributed by atoms with Crippen LogP contribution in [0.15, 0.2) is 47.6 Å². The Kier molecular flexibility index (Phi) is 5.52. The Balaban J connectivity index is 1.73. The Morgan fingerprint density at radius 3 is 2.78 bits per heavy atom. The van der Waals surface area contributed by atoms with Crippen LogP contribution in [-0.4, -0.2) is 22.5 Å². The second-order valence-corrected chi connectivity index (χ2v) is 6.54. The van der Waals surface area contributed by atoms with Crippen LogP contribution in [0, 0.1) is 0 Å². The maximum atomic E-state index is 6.22. The van der Waals surface area contributed by atoms with E-state index in [2.05, 4.69) is 16.5 Å². The molecule has 0 amide bonds. The van der Waals surface area contributed by atoms with Gasteiger partial charge in [0.15, 0.2) is 0 Å². The average molecular weight is 331 g/mol. The van der Waals surface area contributed by atoms with Crippen LogP contribution in [0.4, 0.5) is 0 Å². The molecule has 4 heteroatoms. The van der Waals surface area contributed by atoms with Crippen LogP contribution in [0.1, 0.15) is 37.8 Å². The van der Waals surface area contributed by atoms with Gasteiger partial charge in [-0.3, -0.25) is 4.90 Å². The third-order valence-corrected chi connectivity index (χ3v) is 4.81. The zero-order valence-electron chi connectivity index (χ0n) is 13.4. The van der Waals surface area contributed by atoms with Crippen molar-refractivity contribution in [3.8, 4) is 11.5 Å². The van der Waals surface area contributed by atoms with Crippen molar-refractivity contribution < 1.29 is 4.42 Å². The van der Waals surface area contributed by atoms with Crippen LogP contribution < -0.4 is 0 Å². The Labute approximate surface area is 143 Å². The number of benzene rings is 1. The largest absolute Gasteiger partial charge is 0.444 e. The molecule has 2 aromatic rings. The molecule has 3 nitrogen and oxygen atoms in total. The molecule has 0 unspecified atom stereocenters. The second kappa shape index (κ2) is 7.80. The van der Waals surface area contributed by atoms with E-state index in [1.54, 1.807) is 6.26 Å². The summed E-state index contributed by atoms with van der Waals surface area (Å²) in [4.78, 5) is 7.09. The molecular weight excluding hydrogens is 308 g/mol. The first-order chi connectivity index (χ1) is 11.3. The average Bonchev–Trinajstić information content (AvgIpc) is 3.04. The molecule has 0 bridgehead atoms. The molecule has 122 valence electrons. The van der Waals surface area contributed by atoms with Gasteiger partial charge in [-0.05, 0) is 25.0 Å². The highest BCUT2D eigenvalue weighted by atomic mass is 35.5. The molecule has 1 aliphatic carbocycles. The number of hydrogen-bond acceptors (Lipinski definition) is 3. The molecule has 1 aromatic carbocycles. The summed E-state index contributed by atoms with van der Waals surface area (Å²) in [5.41, 5.74) is 1.79. The fourth-order valence-electron chi connectivity index (χ4n) is 3.30. The highest BCUT2D eigenvalue weighted by Gasteiger charge is 2.21. The number of hydrogen-bond donors (Lipinski definition) is 0. The molecule has 0 aliphatic heterocycles. The highest BCUT2D eigenvalue weighted by molar-refractivity contribution is 6.33. The van der Waals surface area contributed by atoms with E-state index in [0.717, 1.165) is 24.3 Å². The van der Waals surface area contributed by atoms with E-state index < -0.39 is 0 Å². The number of aromatic nitrogens is 1. The molecule has 3 rings (SSSR count). The Hall–Kier alpha value is -1.58. The maximum absolute atomic E-state index is 6.22. The minimum atomic E-state index is 0.591. The maximum Gasteiger partial charge on any atom is 0.227 e. The van der Waals surface area contributed by atoms with Crippen molar-refractivity contribution in [2.45, 2.75) is 44.7 Å². The van der Waals surface area contributed by atoms with E-state index in [4.69, 9.17) is 16.0 Å². The molecule has 0 spiro atoms. The van der Waals surface area contributed by atoms with Gasteiger partial charge in [-0.2, -0.15) is 0 Å². The van der Waals surface area contributed by atoms with Crippen molar-refractivity contribution in [1.82, 2.24) is 9.88 Å². The molecule has 0 saturated heterocycles. The quantitative estimate of drug-likeness (QED) is 0.672. The zero-order chi connectivity index (χ0) is 16.1. The lowest BCUT2D eigenvalue weighted by atomic mass is 9.94. The van der Waals surface area contributed by atoms with Gasteiger partial charge in [0, 0.05) is 19.1 Å². The van der Waals surface area contributed by atoms with E-state index >= 15 is 0 Å². The van der Waals surface area contributed by atoms with Gasteiger partial charge >= 0.3 is 0 Å². The van der Waals surface area contributed by atoms with Crippen molar-refractivity contribution in [2.24, 2.45) is 0 Å². The smallest absolute Gasteiger partial charge is 0.227 e. The van der Waals surface area contributed by atoms with E-state index in [9.17, 15) is 0 Å². The summed E-state index contributed by atoms with van der Waals surface area (Å²) in [6, 6.07) is 8.26. The highest BCUT2D eigenvalue weighted by Crippen LogP contribution is 2.28. The van der Waals surface area contributed by atoms with E-state index in [-0.39, 0.29) is 0 Å². The summed E-state index contributed by atoms with van der Waals surface area (Å²) in [7, 11) is 0. The summed E-state index contributed by atoms with van der Waals surface area (Å²) in [6.45, 7) is 5.58. The fraction of sp³-hybridized carbons (Fsp3) is 0.421. The summed E-state index contributed by atoms with van der Waals surface area (Å²) in [5, 5.41) is 0.663. The molecule has 1 saturated carbocycles. The van der Waals surface area contributed by atoms with Crippen LogP contribution in [0.5, 0.6) is 0 Å². The molecule has 0 atom stereocenters. The number of nitrogens with zero attached hydrogens (tertiary/aromatic N) is 2. The Morgan fingerprint density at radius 2 is 2.04 bits per heavy atom. The Morgan fingerprint density at radius 1 is 1.26 bits per heavy atom. The standard InChI is InChI=1S/C19H23ClN2O/c1-2-12-22(16-8-4-3-5-9-16)13-15-14-23-19(21-15)17-10-6-7-11-18(17)20/h2,6-7,10-11,14,16H,1,3-5,8-9,12-13H2. The SMILES string of the molecule is C=CCN(Cc1coc(-c2ccccc2Cl)n1)C1CCCCC1. The Bertz CT molecular complexity index is 646. The number of oxazole rings is 1.